The Morgan fingerprint density at radius 1 is 1.38 bits per heavy atom. The van der Waals surface area contributed by atoms with E-state index in [9.17, 15) is 0 Å². The van der Waals surface area contributed by atoms with Gasteiger partial charge in [0.25, 0.3) is 0 Å². The first-order valence-corrected chi connectivity index (χ1v) is 7.09. The number of ether oxygens (including phenoxy) is 2. The summed E-state index contributed by atoms with van der Waals surface area (Å²) < 4.78 is 13.0. The van der Waals surface area contributed by atoms with Gasteiger partial charge >= 0.3 is 0 Å². The van der Waals surface area contributed by atoms with Crippen LogP contribution in [0.4, 0.5) is 0 Å². The maximum atomic E-state index is 5.96. The van der Waals surface area contributed by atoms with Gasteiger partial charge in [0.15, 0.2) is 0 Å². The van der Waals surface area contributed by atoms with Gasteiger partial charge in [-0.3, -0.25) is 4.68 Å². The van der Waals surface area contributed by atoms with E-state index in [-0.39, 0.29) is 6.04 Å². The van der Waals surface area contributed by atoms with Crippen LogP contribution in [0.2, 0.25) is 0 Å². The fourth-order valence-electron chi connectivity index (χ4n) is 2.16. The van der Waals surface area contributed by atoms with Crippen molar-refractivity contribution in [3.8, 4) is 11.5 Å². The minimum Gasteiger partial charge on any atom is -0.497 e. The van der Waals surface area contributed by atoms with E-state index in [1.165, 1.54) is 5.56 Å². The predicted octanol–water partition coefficient (Wildman–Crippen LogP) is 2.33. The molecule has 0 fully saturated rings. The number of hydrogen-bond donors (Lipinski definition) is 1. The van der Waals surface area contributed by atoms with E-state index in [1.807, 2.05) is 44.7 Å². The van der Waals surface area contributed by atoms with Gasteiger partial charge in [0.2, 0.25) is 0 Å². The quantitative estimate of drug-likeness (QED) is 0.850. The van der Waals surface area contributed by atoms with Crippen LogP contribution in [0.25, 0.3) is 0 Å². The molecule has 1 aromatic carbocycles. The summed E-state index contributed by atoms with van der Waals surface area (Å²) in [6.45, 7) is 2.72. The summed E-state index contributed by atoms with van der Waals surface area (Å²) in [5, 5.41) is 7.40. The van der Waals surface area contributed by atoms with Crippen LogP contribution in [0.15, 0.2) is 30.6 Å². The maximum Gasteiger partial charge on any atom is 0.127 e. The predicted molar refractivity (Wildman–Crippen MR) is 82.9 cm³/mol. The van der Waals surface area contributed by atoms with Crippen molar-refractivity contribution in [2.45, 2.75) is 19.4 Å². The van der Waals surface area contributed by atoms with Crippen LogP contribution in [0.3, 0.4) is 0 Å². The number of hydrogen-bond acceptors (Lipinski definition) is 4. The van der Waals surface area contributed by atoms with Crippen LogP contribution >= 0.6 is 0 Å². The number of benzene rings is 1. The van der Waals surface area contributed by atoms with E-state index in [0.29, 0.717) is 6.61 Å². The lowest BCUT2D eigenvalue weighted by Gasteiger charge is -2.17. The molecule has 2 rings (SSSR count). The molecular weight excluding hydrogens is 266 g/mol. The van der Waals surface area contributed by atoms with Gasteiger partial charge in [-0.15, -0.1) is 0 Å². The van der Waals surface area contributed by atoms with Gasteiger partial charge in [0.1, 0.15) is 11.5 Å². The number of nitrogens with one attached hydrogen (secondary N) is 1. The van der Waals surface area contributed by atoms with E-state index in [4.69, 9.17) is 9.47 Å². The van der Waals surface area contributed by atoms with E-state index in [0.717, 1.165) is 23.5 Å². The Bertz CT molecular complexity index is 581. The average molecular weight is 289 g/mol. The molecule has 0 aliphatic heterocycles. The summed E-state index contributed by atoms with van der Waals surface area (Å²) in [6.07, 6.45) is 4.70. The van der Waals surface area contributed by atoms with Crippen molar-refractivity contribution in [2.75, 3.05) is 20.8 Å². The Labute approximate surface area is 125 Å². The Kier molecular flexibility index (Phi) is 5.22. The molecule has 21 heavy (non-hydrogen) atoms. The molecule has 0 aliphatic carbocycles. The molecule has 2 aromatic rings. The number of aromatic nitrogens is 2. The molecule has 1 unspecified atom stereocenters. The van der Waals surface area contributed by atoms with Crippen molar-refractivity contribution in [3.63, 3.8) is 0 Å². The minimum atomic E-state index is 0.226. The largest absolute Gasteiger partial charge is 0.497 e. The fraction of sp³-hybridized carbons (Fsp3) is 0.438. The molecule has 0 spiro atoms. The molecule has 0 amide bonds. The van der Waals surface area contributed by atoms with E-state index >= 15 is 0 Å². The number of rotatable bonds is 7. The SMILES string of the molecule is CNC(C)c1ccc(OC)cc1OCCc1cnn(C)c1. The summed E-state index contributed by atoms with van der Waals surface area (Å²) in [7, 11) is 5.52. The second-order valence-corrected chi connectivity index (χ2v) is 5.03. The first kappa shape index (κ1) is 15.4. The highest BCUT2D eigenvalue weighted by molar-refractivity contribution is 5.42. The highest BCUT2D eigenvalue weighted by atomic mass is 16.5. The van der Waals surface area contributed by atoms with E-state index < -0.39 is 0 Å². The molecule has 1 N–H and O–H groups in total. The molecule has 0 saturated carbocycles. The van der Waals surface area contributed by atoms with Gasteiger partial charge in [-0.1, -0.05) is 6.07 Å². The molecular formula is C16H23N3O2. The van der Waals surface area contributed by atoms with Crippen LogP contribution in [-0.2, 0) is 13.5 Å². The Morgan fingerprint density at radius 2 is 2.19 bits per heavy atom. The molecule has 0 saturated heterocycles. The first-order chi connectivity index (χ1) is 10.1. The van der Waals surface area contributed by atoms with Gasteiger partial charge in [-0.05, 0) is 25.6 Å². The second-order valence-electron chi connectivity index (χ2n) is 5.03. The third kappa shape index (κ3) is 3.98. The van der Waals surface area contributed by atoms with E-state index in [1.54, 1.807) is 11.8 Å². The average Bonchev–Trinajstić information content (AvgIpc) is 2.91. The van der Waals surface area contributed by atoms with Crippen LogP contribution in [0.1, 0.15) is 24.1 Å². The van der Waals surface area contributed by atoms with Gasteiger partial charge in [-0.25, -0.2) is 0 Å². The van der Waals surface area contributed by atoms with Gasteiger partial charge in [0.05, 0.1) is 19.9 Å². The van der Waals surface area contributed by atoms with Crippen molar-refractivity contribution >= 4 is 0 Å². The Balaban J connectivity index is 2.06. The lowest BCUT2D eigenvalue weighted by molar-refractivity contribution is 0.312. The molecule has 5 heteroatoms. The van der Waals surface area contributed by atoms with Crippen LogP contribution < -0.4 is 14.8 Å². The van der Waals surface area contributed by atoms with Crippen molar-refractivity contribution in [3.05, 3.63) is 41.7 Å². The molecule has 5 nitrogen and oxygen atoms in total. The lowest BCUT2D eigenvalue weighted by Crippen LogP contribution is -2.14. The topological polar surface area (TPSA) is 48.3 Å². The molecule has 114 valence electrons. The molecule has 1 heterocycles. The molecule has 0 bridgehead atoms. The zero-order valence-electron chi connectivity index (χ0n) is 13.1. The molecule has 0 radical (unpaired) electrons. The molecule has 0 aliphatic rings. The van der Waals surface area contributed by atoms with Crippen LogP contribution in [0.5, 0.6) is 11.5 Å². The van der Waals surface area contributed by atoms with E-state index in [2.05, 4.69) is 17.3 Å². The molecule has 1 aromatic heterocycles. The monoisotopic (exact) mass is 289 g/mol. The minimum absolute atomic E-state index is 0.226. The fourth-order valence-corrected chi connectivity index (χ4v) is 2.16. The molecule has 1 atom stereocenters. The Hall–Kier alpha value is -2.01. The summed E-state index contributed by atoms with van der Waals surface area (Å²) >= 11 is 0. The van der Waals surface area contributed by atoms with Gasteiger partial charge < -0.3 is 14.8 Å². The lowest BCUT2D eigenvalue weighted by atomic mass is 10.1. The summed E-state index contributed by atoms with van der Waals surface area (Å²) in [6, 6.07) is 6.16. The zero-order chi connectivity index (χ0) is 15.2. The summed E-state index contributed by atoms with van der Waals surface area (Å²) in [5.74, 6) is 1.67. The zero-order valence-corrected chi connectivity index (χ0v) is 13.1. The van der Waals surface area contributed by atoms with Crippen LogP contribution in [0, 0.1) is 0 Å². The first-order valence-electron chi connectivity index (χ1n) is 7.09. The van der Waals surface area contributed by atoms with Crippen molar-refractivity contribution < 1.29 is 9.47 Å². The summed E-state index contributed by atoms with van der Waals surface area (Å²) in [5.41, 5.74) is 2.30. The normalized spacial score (nSPS) is 12.2. The van der Waals surface area contributed by atoms with Crippen molar-refractivity contribution in [2.24, 2.45) is 7.05 Å². The van der Waals surface area contributed by atoms with Crippen LogP contribution in [-0.4, -0.2) is 30.5 Å². The Morgan fingerprint density at radius 3 is 2.81 bits per heavy atom. The highest BCUT2D eigenvalue weighted by Crippen LogP contribution is 2.29. The smallest absolute Gasteiger partial charge is 0.127 e. The van der Waals surface area contributed by atoms with Gasteiger partial charge in [-0.2, -0.15) is 5.10 Å². The summed E-state index contributed by atoms with van der Waals surface area (Å²) in [4.78, 5) is 0. The number of aryl methyl sites for hydroxylation is 1. The maximum absolute atomic E-state index is 5.96. The third-order valence-electron chi connectivity index (χ3n) is 3.53. The van der Waals surface area contributed by atoms with Gasteiger partial charge in [0, 0.05) is 37.3 Å². The third-order valence-corrected chi connectivity index (χ3v) is 3.53. The standard InChI is InChI=1S/C16H23N3O2/c1-12(17-2)15-6-5-14(20-4)9-16(15)21-8-7-13-10-18-19(3)11-13/h5-6,9-12,17H,7-8H2,1-4H3. The second kappa shape index (κ2) is 7.13. The highest BCUT2D eigenvalue weighted by Gasteiger charge is 2.11. The van der Waals surface area contributed by atoms with Crippen molar-refractivity contribution in [1.82, 2.24) is 15.1 Å². The number of methoxy groups -OCH3 is 1. The number of nitrogens with zero attached hydrogens (tertiary/aromatic N) is 2. The van der Waals surface area contributed by atoms with Crippen molar-refractivity contribution in [1.29, 1.82) is 0 Å².